The van der Waals surface area contributed by atoms with Gasteiger partial charge in [0, 0.05) is 63.4 Å². The lowest BCUT2D eigenvalue weighted by Gasteiger charge is -2.69. The van der Waals surface area contributed by atoms with Crippen LogP contribution in [0.4, 0.5) is 0 Å². The van der Waals surface area contributed by atoms with Crippen LogP contribution in [0.25, 0.3) is 0 Å². The highest BCUT2D eigenvalue weighted by molar-refractivity contribution is 6.00. The number of carboxylic acid groups (broad SMARTS) is 1. The Morgan fingerprint density at radius 2 is 1.55 bits per heavy atom. The van der Waals surface area contributed by atoms with Crippen LogP contribution >= 0.6 is 0 Å². The van der Waals surface area contributed by atoms with Crippen molar-refractivity contribution in [1.82, 2.24) is 15.1 Å². The Labute approximate surface area is 350 Å². The zero-order valence-electron chi connectivity index (χ0n) is 37.5. The fourth-order valence-electron chi connectivity index (χ4n) is 15.7. The summed E-state index contributed by atoms with van der Waals surface area (Å²) in [5.41, 5.74) is 6.14. The summed E-state index contributed by atoms with van der Waals surface area (Å²) in [5.74, 6) is 2.59. The number of rotatable bonds is 12. The van der Waals surface area contributed by atoms with Crippen molar-refractivity contribution in [1.29, 1.82) is 0 Å². The lowest BCUT2D eigenvalue weighted by molar-refractivity contribution is -0.193. The Bertz CT molecular complexity index is 1760. The number of carbonyl (C=O) groups excluding carboxylic acids is 2. The molecule has 11 unspecified atom stereocenters. The molecule has 1 heterocycles. The highest BCUT2D eigenvalue weighted by Gasteiger charge is 2.66. The van der Waals surface area contributed by atoms with Crippen molar-refractivity contribution in [2.75, 3.05) is 39.8 Å². The van der Waals surface area contributed by atoms with E-state index in [1.807, 2.05) is 6.92 Å². The van der Waals surface area contributed by atoms with Gasteiger partial charge in [0.25, 0.3) is 0 Å². The number of nitrogens with zero attached hydrogens (tertiary/aromatic N) is 2. The summed E-state index contributed by atoms with van der Waals surface area (Å²) in [7, 11) is 2.21. The van der Waals surface area contributed by atoms with E-state index >= 15 is 0 Å². The first-order valence-corrected chi connectivity index (χ1v) is 23.7. The molecule has 7 nitrogen and oxygen atoms in total. The second kappa shape index (κ2) is 15.8. The molecule has 0 bridgehead atoms. The molecule has 0 radical (unpaired) electrons. The summed E-state index contributed by atoms with van der Waals surface area (Å²) in [5, 5.41) is 13.4. The molecule has 1 aromatic carbocycles. The zero-order valence-corrected chi connectivity index (χ0v) is 37.5. The van der Waals surface area contributed by atoms with Gasteiger partial charge in [-0.1, -0.05) is 78.3 Å². The molecule has 7 aliphatic rings. The van der Waals surface area contributed by atoms with Gasteiger partial charge in [-0.3, -0.25) is 19.3 Å². The maximum Gasteiger partial charge on any atom is 0.306 e. The van der Waals surface area contributed by atoms with Crippen LogP contribution in [0.5, 0.6) is 0 Å². The number of likely N-dealkylation sites (N-methyl/N-ethyl adjacent to an activating group) is 1. The number of carboxylic acids is 1. The van der Waals surface area contributed by atoms with Crippen molar-refractivity contribution in [3.8, 4) is 0 Å². The Balaban J connectivity index is 0.929. The minimum atomic E-state index is -0.744. The quantitative estimate of drug-likeness (QED) is 0.204. The lowest BCUT2D eigenvalue weighted by atomic mass is 9.35. The molecule has 58 heavy (non-hydrogen) atoms. The molecule has 6 fully saturated rings. The molecular formula is C51H77N3O4. The van der Waals surface area contributed by atoms with Gasteiger partial charge in [0.05, 0.1) is 5.92 Å². The molecule has 1 saturated heterocycles. The van der Waals surface area contributed by atoms with E-state index in [1.165, 1.54) is 55.2 Å². The maximum absolute atomic E-state index is 14.1. The van der Waals surface area contributed by atoms with Gasteiger partial charge in [0.15, 0.2) is 5.78 Å². The SMILES string of the molecule is CC(C)C1=C2C3CCC4C(C)(CCC5C(C)(C)C(CC(=O)C6CC(C(=O)O)C6C)CCC54C)C3CCC2(CCNCc2ccc(CN3CCN(C)CC3)cc2)CC1=O. The van der Waals surface area contributed by atoms with E-state index in [0.29, 0.717) is 60.4 Å². The Morgan fingerprint density at radius 1 is 0.862 bits per heavy atom. The maximum atomic E-state index is 14.1. The summed E-state index contributed by atoms with van der Waals surface area (Å²) >= 11 is 0. The third-order valence-corrected chi connectivity index (χ3v) is 19.1. The molecule has 11 atom stereocenters. The van der Waals surface area contributed by atoms with E-state index in [2.05, 4.69) is 88.0 Å². The van der Waals surface area contributed by atoms with Crippen molar-refractivity contribution >= 4 is 17.5 Å². The minimum Gasteiger partial charge on any atom is -0.481 e. The molecule has 0 amide bonds. The van der Waals surface area contributed by atoms with E-state index in [1.54, 1.807) is 5.57 Å². The van der Waals surface area contributed by atoms with Gasteiger partial charge in [0.2, 0.25) is 0 Å². The molecule has 0 spiro atoms. The molecule has 1 aromatic rings. The number of allylic oxidation sites excluding steroid dienone is 2. The summed E-state index contributed by atoms with van der Waals surface area (Å²) in [6.45, 7) is 24.2. The molecule has 6 aliphatic carbocycles. The molecular weight excluding hydrogens is 719 g/mol. The van der Waals surface area contributed by atoms with Crippen molar-refractivity contribution in [2.24, 2.45) is 74.9 Å². The largest absolute Gasteiger partial charge is 0.481 e. The Kier molecular flexibility index (Phi) is 11.6. The average Bonchev–Trinajstić information content (AvgIpc) is 3.47. The first-order valence-electron chi connectivity index (χ1n) is 23.7. The molecule has 320 valence electrons. The number of fused-ring (bicyclic) bond motifs is 7. The number of hydrogen-bond donors (Lipinski definition) is 2. The third kappa shape index (κ3) is 7.21. The molecule has 7 heteroatoms. The van der Waals surface area contributed by atoms with Gasteiger partial charge in [-0.15, -0.1) is 0 Å². The van der Waals surface area contributed by atoms with E-state index in [9.17, 15) is 19.5 Å². The van der Waals surface area contributed by atoms with E-state index in [0.717, 1.165) is 65.1 Å². The highest BCUT2D eigenvalue weighted by Crippen LogP contribution is 2.74. The predicted octanol–water partition coefficient (Wildman–Crippen LogP) is 9.44. The van der Waals surface area contributed by atoms with E-state index in [4.69, 9.17) is 0 Å². The molecule has 8 rings (SSSR count). The fourth-order valence-corrected chi connectivity index (χ4v) is 15.7. The first-order chi connectivity index (χ1) is 27.5. The highest BCUT2D eigenvalue weighted by atomic mass is 16.4. The molecule has 2 N–H and O–H groups in total. The van der Waals surface area contributed by atoms with Gasteiger partial charge in [0.1, 0.15) is 5.78 Å². The van der Waals surface area contributed by atoms with Crippen molar-refractivity contribution in [3.05, 3.63) is 46.5 Å². The number of nitrogens with one attached hydrogen (secondary N) is 1. The van der Waals surface area contributed by atoms with Gasteiger partial charge < -0.3 is 15.3 Å². The number of aliphatic carboxylic acids is 1. The predicted molar refractivity (Wildman–Crippen MR) is 232 cm³/mol. The van der Waals surface area contributed by atoms with Crippen LogP contribution in [0.2, 0.25) is 0 Å². The van der Waals surface area contributed by atoms with Gasteiger partial charge in [-0.05, 0) is 152 Å². The summed E-state index contributed by atoms with van der Waals surface area (Å²) in [4.78, 5) is 44.3. The van der Waals surface area contributed by atoms with E-state index < -0.39 is 5.97 Å². The van der Waals surface area contributed by atoms with Crippen LogP contribution in [0, 0.1) is 74.9 Å². The van der Waals surface area contributed by atoms with Crippen LogP contribution in [-0.2, 0) is 27.5 Å². The van der Waals surface area contributed by atoms with Gasteiger partial charge in [-0.2, -0.15) is 0 Å². The minimum absolute atomic E-state index is 0.0104. The summed E-state index contributed by atoms with van der Waals surface area (Å²) < 4.78 is 0. The van der Waals surface area contributed by atoms with Crippen molar-refractivity contribution in [2.45, 2.75) is 139 Å². The molecule has 1 aliphatic heterocycles. The van der Waals surface area contributed by atoms with Crippen LogP contribution in [0.15, 0.2) is 35.4 Å². The Morgan fingerprint density at radius 3 is 2.22 bits per heavy atom. The first kappa shape index (κ1) is 42.3. The second-order valence-corrected chi connectivity index (χ2v) is 22.5. The van der Waals surface area contributed by atoms with Crippen molar-refractivity contribution < 1.29 is 19.5 Å². The summed E-state index contributed by atoms with van der Waals surface area (Å²) in [6, 6.07) is 9.24. The van der Waals surface area contributed by atoms with Crippen LogP contribution in [-0.4, -0.2) is 72.2 Å². The van der Waals surface area contributed by atoms with Gasteiger partial charge >= 0.3 is 5.97 Å². The zero-order chi connectivity index (χ0) is 41.4. The molecule has 0 aromatic heterocycles. The number of benzene rings is 1. The van der Waals surface area contributed by atoms with Crippen LogP contribution in [0.3, 0.4) is 0 Å². The number of ketones is 2. The lowest BCUT2D eigenvalue weighted by Crippen LogP contribution is -2.62. The smallest absolute Gasteiger partial charge is 0.306 e. The summed E-state index contributed by atoms with van der Waals surface area (Å²) in [6.07, 6.45) is 12.6. The van der Waals surface area contributed by atoms with Crippen LogP contribution < -0.4 is 5.32 Å². The Hall–Kier alpha value is -2.35. The second-order valence-electron chi connectivity index (χ2n) is 22.5. The number of piperazine rings is 1. The topological polar surface area (TPSA) is 89.9 Å². The number of carbonyl (C=O) groups is 3. The van der Waals surface area contributed by atoms with Crippen LogP contribution in [0.1, 0.15) is 137 Å². The standard InChI is InChI=1S/C51H77N3O4/c1-32(2)45-42(56)29-51(21-22-52-30-34-9-11-35(12-10-34)31-54-25-23-53(8)24-26-54)20-16-40-37(46(45)51)13-14-44-49(40,6)19-17-43-48(4,5)36(15-18-50(43,44)7)27-41(55)38-28-39(33(38)3)47(57)58/h9-12,32-33,36-40,43-44,52H,13-31H2,1-8H3,(H,57,58). The van der Waals surface area contributed by atoms with E-state index in [-0.39, 0.29) is 45.3 Å². The van der Waals surface area contributed by atoms with Gasteiger partial charge in [-0.25, -0.2) is 0 Å². The normalized spacial score (nSPS) is 40.1. The monoisotopic (exact) mass is 796 g/mol. The average molecular weight is 796 g/mol. The van der Waals surface area contributed by atoms with Crippen molar-refractivity contribution in [3.63, 3.8) is 0 Å². The number of Topliss-reactive ketones (excluding diaryl/α,β-unsaturated/α-hetero) is 2. The fraction of sp³-hybridized carbons (Fsp3) is 0.784. The third-order valence-electron chi connectivity index (χ3n) is 19.1. The molecule has 5 saturated carbocycles. The number of hydrogen-bond acceptors (Lipinski definition) is 6.